The first kappa shape index (κ1) is 13.3. The van der Waals surface area contributed by atoms with Gasteiger partial charge >= 0.3 is 0 Å². The van der Waals surface area contributed by atoms with E-state index >= 15 is 0 Å². The van der Waals surface area contributed by atoms with Crippen molar-refractivity contribution in [2.45, 2.75) is 19.3 Å². The Morgan fingerprint density at radius 3 is 3.14 bits per heavy atom. The maximum absolute atomic E-state index is 11.9. The van der Waals surface area contributed by atoms with Gasteiger partial charge < -0.3 is 9.72 Å². The third-order valence-corrected chi connectivity index (χ3v) is 3.13. The number of aromatic nitrogens is 5. The van der Waals surface area contributed by atoms with Gasteiger partial charge in [-0.1, -0.05) is 6.07 Å². The van der Waals surface area contributed by atoms with E-state index in [1.54, 1.807) is 0 Å². The van der Waals surface area contributed by atoms with Gasteiger partial charge in [-0.3, -0.25) is 9.89 Å². The molecular formula is C14H16N6O. The zero-order valence-corrected chi connectivity index (χ0v) is 11.5. The summed E-state index contributed by atoms with van der Waals surface area (Å²) in [6, 6.07) is 5.77. The average Bonchev–Trinajstić information content (AvgIpc) is 3.12. The number of pyridine rings is 1. The summed E-state index contributed by atoms with van der Waals surface area (Å²) in [4.78, 5) is 20.3. The summed E-state index contributed by atoms with van der Waals surface area (Å²) < 4.78 is 1.91. The number of hydrogen-bond donors (Lipinski definition) is 2. The van der Waals surface area contributed by atoms with Crippen molar-refractivity contribution in [1.82, 2.24) is 29.9 Å². The van der Waals surface area contributed by atoms with Gasteiger partial charge in [-0.2, -0.15) is 5.10 Å². The number of amides is 1. The molecule has 0 fully saturated rings. The summed E-state index contributed by atoms with van der Waals surface area (Å²) >= 11 is 0. The average molecular weight is 284 g/mol. The molecule has 7 nitrogen and oxygen atoms in total. The minimum Gasteiger partial charge on any atom is -0.356 e. The highest BCUT2D eigenvalue weighted by atomic mass is 16.1. The number of rotatable bonds is 6. The Balaban J connectivity index is 1.45. The number of carbonyl (C=O) groups is 1. The number of fused-ring (bicyclic) bond motifs is 1. The normalized spacial score (nSPS) is 10.9. The Morgan fingerprint density at radius 2 is 2.33 bits per heavy atom. The molecule has 0 radical (unpaired) electrons. The maximum atomic E-state index is 11.9. The summed E-state index contributed by atoms with van der Waals surface area (Å²) in [5.74, 6) is 0.820. The Labute approximate surface area is 121 Å². The summed E-state index contributed by atoms with van der Waals surface area (Å²) in [6.07, 6.45) is 7.17. The highest BCUT2D eigenvalue weighted by Crippen LogP contribution is 2.05. The Morgan fingerprint density at radius 1 is 1.38 bits per heavy atom. The molecule has 1 amide bonds. The van der Waals surface area contributed by atoms with Gasteiger partial charge in [-0.25, -0.2) is 9.97 Å². The van der Waals surface area contributed by atoms with Crippen LogP contribution >= 0.6 is 0 Å². The number of nitrogens with one attached hydrogen (secondary N) is 2. The zero-order chi connectivity index (χ0) is 14.5. The lowest BCUT2D eigenvalue weighted by atomic mass is 10.3. The molecule has 0 bridgehead atoms. The molecule has 21 heavy (non-hydrogen) atoms. The highest BCUT2D eigenvalue weighted by molar-refractivity contribution is 5.78. The summed E-state index contributed by atoms with van der Waals surface area (Å²) in [6.45, 7) is 0.618. The van der Waals surface area contributed by atoms with Crippen LogP contribution in [0.1, 0.15) is 17.9 Å². The van der Waals surface area contributed by atoms with Gasteiger partial charge in [0.15, 0.2) is 0 Å². The van der Waals surface area contributed by atoms with Gasteiger partial charge in [0.1, 0.15) is 17.8 Å². The van der Waals surface area contributed by atoms with Crippen molar-refractivity contribution in [3.05, 3.63) is 48.4 Å². The molecule has 2 N–H and O–H groups in total. The van der Waals surface area contributed by atoms with Crippen molar-refractivity contribution in [2.24, 2.45) is 0 Å². The van der Waals surface area contributed by atoms with Crippen molar-refractivity contribution in [2.75, 3.05) is 6.54 Å². The van der Waals surface area contributed by atoms with E-state index in [-0.39, 0.29) is 5.91 Å². The molecule has 3 heterocycles. The fourth-order valence-corrected chi connectivity index (χ4v) is 2.13. The van der Waals surface area contributed by atoms with Crippen molar-refractivity contribution < 1.29 is 4.79 Å². The largest absolute Gasteiger partial charge is 0.356 e. The maximum Gasteiger partial charge on any atom is 0.226 e. The van der Waals surface area contributed by atoms with Crippen molar-refractivity contribution in [1.29, 1.82) is 0 Å². The Bertz CT molecular complexity index is 685. The molecule has 0 aliphatic carbocycles. The second kappa shape index (κ2) is 6.17. The first-order chi connectivity index (χ1) is 10.3. The van der Waals surface area contributed by atoms with Gasteiger partial charge in [0.05, 0.1) is 12.1 Å². The number of hydrogen-bond acceptors (Lipinski definition) is 4. The molecule has 0 saturated heterocycles. The quantitative estimate of drug-likeness (QED) is 0.654. The lowest BCUT2D eigenvalue weighted by molar-refractivity contribution is -0.120. The Kier molecular flexibility index (Phi) is 3.90. The standard InChI is InChI=1S/C14H16N6O/c21-14(15-6-3-4-12-16-10-17-19-12)8-11-9-20-7-2-1-5-13(20)18-11/h1-2,5,7,9-10H,3-4,6,8H2,(H,15,21)(H,16,17,19). The molecule has 0 saturated carbocycles. The predicted molar refractivity (Wildman–Crippen MR) is 76.6 cm³/mol. The van der Waals surface area contributed by atoms with Crippen LogP contribution < -0.4 is 5.32 Å². The molecular weight excluding hydrogens is 268 g/mol. The van der Waals surface area contributed by atoms with E-state index in [1.807, 2.05) is 35.0 Å². The van der Waals surface area contributed by atoms with Crippen LogP contribution in [0.4, 0.5) is 0 Å². The van der Waals surface area contributed by atoms with Gasteiger partial charge in [0, 0.05) is 25.4 Å². The molecule has 0 unspecified atom stereocenters. The second-order valence-corrected chi connectivity index (χ2v) is 4.76. The zero-order valence-electron chi connectivity index (χ0n) is 11.5. The smallest absolute Gasteiger partial charge is 0.226 e. The first-order valence-corrected chi connectivity index (χ1v) is 6.85. The van der Waals surface area contributed by atoms with E-state index in [9.17, 15) is 4.79 Å². The van der Waals surface area contributed by atoms with Crippen LogP contribution in [0.15, 0.2) is 36.9 Å². The SMILES string of the molecule is O=C(Cc1cn2ccccc2n1)NCCCc1ncn[nH]1. The molecule has 0 atom stereocenters. The number of imidazole rings is 1. The van der Waals surface area contributed by atoms with Crippen LogP contribution in [-0.4, -0.2) is 37.0 Å². The van der Waals surface area contributed by atoms with Gasteiger partial charge in [-0.05, 0) is 18.6 Å². The number of aromatic amines is 1. The monoisotopic (exact) mass is 284 g/mol. The lowest BCUT2D eigenvalue weighted by Crippen LogP contribution is -2.26. The predicted octanol–water partition coefficient (Wildman–Crippen LogP) is 0.744. The second-order valence-electron chi connectivity index (χ2n) is 4.76. The van der Waals surface area contributed by atoms with Gasteiger partial charge in [0.2, 0.25) is 5.91 Å². The van der Waals surface area contributed by atoms with E-state index in [2.05, 4.69) is 25.5 Å². The summed E-state index contributed by atoms with van der Waals surface area (Å²) in [5, 5.41) is 9.46. The van der Waals surface area contributed by atoms with E-state index in [0.29, 0.717) is 13.0 Å². The minimum absolute atomic E-state index is 0.0176. The molecule has 3 rings (SSSR count). The molecule has 0 aliphatic rings. The van der Waals surface area contributed by atoms with Crippen LogP contribution in [0, 0.1) is 0 Å². The van der Waals surface area contributed by atoms with Crippen LogP contribution in [-0.2, 0) is 17.6 Å². The van der Waals surface area contributed by atoms with Crippen molar-refractivity contribution in [3.8, 4) is 0 Å². The van der Waals surface area contributed by atoms with Crippen LogP contribution in [0.5, 0.6) is 0 Å². The third kappa shape index (κ3) is 3.44. The summed E-state index contributed by atoms with van der Waals surface area (Å²) in [7, 11) is 0. The first-order valence-electron chi connectivity index (χ1n) is 6.85. The molecule has 3 aromatic heterocycles. The van der Waals surface area contributed by atoms with E-state index in [0.717, 1.165) is 30.0 Å². The molecule has 108 valence electrons. The number of nitrogens with zero attached hydrogens (tertiary/aromatic N) is 4. The molecule has 0 spiro atoms. The van der Waals surface area contributed by atoms with Crippen LogP contribution in [0.2, 0.25) is 0 Å². The molecule has 0 aliphatic heterocycles. The highest BCUT2D eigenvalue weighted by Gasteiger charge is 2.07. The topological polar surface area (TPSA) is 88.0 Å². The lowest BCUT2D eigenvalue weighted by Gasteiger charge is -2.02. The van der Waals surface area contributed by atoms with Crippen LogP contribution in [0.3, 0.4) is 0 Å². The van der Waals surface area contributed by atoms with E-state index in [4.69, 9.17) is 0 Å². The third-order valence-electron chi connectivity index (χ3n) is 3.13. The molecule has 0 aromatic carbocycles. The fourth-order valence-electron chi connectivity index (χ4n) is 2.13. The van der Waals surface area contributed by atoms with Crippen molar-refractivity contribution >= 4 is 11.6 Å². The van der Waals surface area contributed by atoms with Gasteiger partial charge in [-0.15, -0.1) is 0 Å². The Hall–Kier alpha value is -2.70. The fraction of sp³-hybridized carbons (Fsp3) is 0.286. The molecule has 7 heteroatoms. The van der Waals surface area contributed by atoms with Gasteiger partial charge in [0.25, 0.3) is 0 Å². The van der Waals surface area contributed by atoms with Crippen LogP contribution in [0.25, 0.3) is 5.65 Å². The van der Waals surface area contributed by atoms with E-state index < -0.39 is 0 Å². The summed E-state index contributed by atoms with van der Waals surface area (Å²) in [5.41, 5.74) is 1.62. The number of aryl methyl sites for hydroxylation is 1. The molecule has 3 aromatic rings. The van der Waals surface area contributed by atoms with Crippen molar-refractivity contribution in [3.63, 3.8) is 0 Å². The number of H-pyrrole nitrogens is 1. The minimum atomic E-state index is -0.0176. The van der Waals surface area contributed by atoms with E-state index in [1.165, 1.54) is 6.33 Å². The number of carbonyl (C=O) groups excluding carboxylic acids is 1.